The van der Waals surface area contributed by atoms with Crippen LogP contribution in [0.2, 0.25) is 0 Å². The molecule has 34 heavy (non-hydrogen) atoms. The predicted octanol–water partition coefficient (Wildman–Crippen LogP) is 2.65. The maximum absolute atomic E-state index is 14.9. The van der Waals surface area contributed by atoms with E-state index < -0.39 is 18.0 Å². The first kappa shape index (κ1) is 23.0. The van der Waals surface area contributed by atoms with Crippen molar-refractivity contribution >= 4 is 23.6 Å². The number of aromatic nitrogens is 2. The average molecular weight is 465 g/mol. The molecule has 0 spiro atoms. The first-order valence-electron chi connectivity index (χ1n) is 10.8. The Morgan fingerprint density at radius 1 is 1.21 bits per heavy atom. The minimum atomic E-state index is -0.592. The van der Waals surface area contributed by atoms with Crippen molar-refractivity contribution in [3.05, 3.63) is 72.1 Å². The molecule has 4 rings (SSSR count). The number of carbonyl (C=O) groups excluding carboxylic acids is 3. The lowest BCUT2D eigenvalue weighted by Crippen LogP contribution is -2.33. The van der Waals surface area contributed by atoms with Gasteiger partial charge in [0.1, 0.15) is 11.9 Å². The zero-order valence-electron chi connectivity index (χ0n) is 18.5. The van der Waals surface area contributed by atoms with Crippen LogP contribution < -0.4 is 15.5 Å². The van der Waals surface area contributed by atoms with Crippen LogP contribution in [0.15, 0.2) is 55.0 Å². The van der Waals surface area contributed by atoms with Crippen molar-refractivity contribution in [2.24, 2.45) is 0 Å². The van der Waals surface area contributed by atoms with Gasteiger partial charge in [0.05, 0.1) is 25.1 Å². The molecule has 3 aromatic rings. The van der Waals surface area contributed by atoms with Gasteiger partial charge in [-0.15, -0.1) is 0 Å². The highest BCUT2D eigenvalue weighted by Crippen LogP contribution is 2.29. The van der Waals surface area contributed by atoms with Gasteiger partial charge in [0.2, 0.25) is 5.91 Å². The molecule has 1 fully saturated rings. The van der Waals surface area contributed by atoms with Crippen molar-refractivity contribution in [1.82, 2.24) is 20.6 Å². The van der Waals surface area contributed by atoms with Crippen LogP contribution in [0.1, 0.15) is 23.0 Å². The molecule has 1 unspecified atom stereocenters. The van der Waals surface area contributed by atoms with E-state index in [0.717, 1.165) is 5.69 Å². The minimum Gasteiger partial charge on any atom is -0.442 e. The van der Waals surface area contributed by atoms with Gasteiger partial charge in [0.25, 0.3) is 5.91 Å². The second-order valence-electron chi connectivity index (χ2n) is 7.88. The summed E-state index contributed by atoms with van der Waals surface area (Å²) < 4.78 is 20.1. The summed E-state index contributed by atoms with van der Waals surface area (Å²) in [7, 11) is 0. The Balaban J connectivity index is 1.38. The molecule has 1 atom stereocenters. The Hall–Kier alpha value is -4.21. The summed E-state index contributed by atoms with van der Waals surface area (Å²) in [6.45, 7) is 2.25. The molecule has 176 valence electrons. The number of carbonyl (C=O) groups is 3. The number of ether oxygens (including phenoxy) is 1. The molecule has 1 aromatic heterocycles. The van der Waals surface area contributed by atoms with Crippen molar-refractivity contribution in [1.29, 1.82) is 0 Å². The largest absolute Gasteiger partial charge is 0.442 e. The number of nitrogens with zero attached hydrogens (tertiary/aromatic N) is 2. The quantitative estimate of drug-likeness (QED) is 0.473. The lowest BCUT2D eigenvalue weighted by molar-refractivity contribution is -0.119. The minimum absolute atomic E-state index is 0.196. The van der Waals surface area contributed by atoms with Crippen LogP contribution in [0.5, 0.6) is 0 Å². The van der Waals surface area contributed by atoms with E-state index in [4.69, 9.17) is 4.74 Å². The summed E-state index contributed by atoms with van der Waals surface area (Å²) in [5.41, 5.74) is 2.71. The van der Waals surface area contributed by atoms with Gasteiger partial charge < -0.3 is 20.4 Å². The number of amides is 3. The number of imidazole rings is 1. The molecule has 3 N–H and O–H groups in total. The summed E-state index contributed by atoms with van der Waals surface area (Å²) in [6, 6.07) is 11.1. The van der Waals surface area contributed by atoms with E-state index in [2.05, 4.69) is 20.6 Å². The van der Waals surface area contributed by atoms with Gasteiger partial charge in [0.15, 0.2) is 0 Å². The topological polar surface area (TPSA) is 116 Å². The number of cyclic esters (lactones) is 1. The smallest absolute Gasteiger partial charge is 0.414 e. The fraction of sp³-hybridized carbons (Fsp3) is 0.250. The number of anilines is 1. The van der Waals surface area contributed by atoms with Gasteiger partial charge in [-0.2, -0.15) is 0 Å². The molecule has 9 nitrogen and oxygen atoms in total. The molecule has 1 aliphatic rings. The molecular weight excluding hydrogens is 441 g/mol. The van der Waals surface area contributed by atoms with E-state index in [0.29, 0.717) is 35.3 Å². The molecule has 1 aliphatic heterocycles. The fourth-order valence-electron chi connectivity index (χ4n) is 3.64. The number of hydrogen-bond acceptors (Lipinski definition) is 5. The number of rotatable bonds is 8. The number of H-pyrrole nitrogens is 1. The first-order valence-corrected chi connectivity index (χ1v) is 10.8. The summed E-state index contributed by atoms with van der Waals surface area (Å²) in [5.74, 6) is -0.946. The van der Waals surface area contributed by atoms with Crippen LogP contribution in [0, 0.1) is 5.82 Å². The molecule has 0 saturated carbocycles. The van der Waals surface area contributed by atoms with Crippen LogP contribution >= 0.6 is 0 Å². The fourth-order valence-corrected chi connectivity index (χ4v) is 3.64. The Morgan fingerprint density at radius 3 is 2.68 bits per heavy atom. The molecule has 2 aromatic carbocycles. The monoisotopic (exact) mass is 465 g/mol. The lowest BCUT2D eigenvalue weighted by Gasteiger charge is -2.14. The molecule has 0 radical (unpaired) electrons. The SMILES string of the molecule is CC(=O)NCC1CN(c2ccc(-c3ccc(C(=O)NCCc4cnc[nH]4)cc3)c(F)c2)C(=O)O1. The summed E-state index contributed by atoms with van der Waals surface area (Å²) >= 11 is 0. The van der Waals surface area contributed by atoms with Crippen molar-refractivity contribution in [2.75, 3.05) is 24.5 Å². The van der Waals surface area contributed by atoms with Crippen LogP contribution in [-0.2, 0) is 16.0 Å². The number of aromatic amines is 1. The third-order valence-corrected chi connectivity index (χ3v) is 5.41. The Kier molecular flexibility index (Phi) is 6.86. The Bertz CT molecular complexity index is 1180. The van der Waals surface area contributed by atoms with Crippen LogP contribution in [-0.4, -0.2) is 53.6 Å². The number of nitrogens with one attached hydrogen (secondary N) is 3. The van der Waals surface area contributed by atoms with Crippen LogP contribution in [0.25, 0.3) is 11.1 Å². The Morgan fingerprint density at radius 2 is 2.00 bits per heavy atom. The van der Waals surface area contributed by atoms with Gasteiger partial charge in [-0.3, -0.25) is 14.5 Å². The maximum atomic E-state index is 14.9. The molecule has 0 bridgehead atoms. The molecule has 1 saturated heterocycles. The number of hydrogen-bond donors (Lipinski definition) is 3. The molecule has 0 aliphatic carbocycles. The van der Waals surface area contributed by atoms with E-state index >= 15 is 0 Å². The average Bonchev–Trinajstić information content (AvgIpc) is 3.47. The summed E-state index contributed by atoms with van der Waals surface area (Å²) in [5, 5.41) is 5.44. The molecular formula is C24H24FN5O4. The summed E-state index contributed by atoms with van der Waals surface area (Å²) in [6.07, 6.45) is 2.84. The molecule has 10 heteroatoms. The van der Waals surface area contributed by atoms with Crippen molar-refractivity contribution in [3.8, 4) is 11.1 Å². The van der Waals surface area contributed by atoms with E-state index in [1.54, 1.807) is 48.9 Å². The zero-order valence-corrected chi connectivity index (χ0v) is 18.5. The third-order valence-electron chi connectivity index (χ3n) is 5.41. The maximum Gasteiger partial charge on any atom is 0.414 e. The molecule has 3 amide bonds. The van der Waals surface area contributed by atoms with Crippen LogP contribution in [0.3, 0.4) is 0 Å². The zero-order chi connectivity index (χ0) is 24.1. The van der Waals surface area contributed by atoms with Crippen molar-refractivity contribution in [2.45, 2.75) is 19.4 Å². The highest BCUT2D eigenvalue weighted by Gasteiger charge is 2.32. The normalized spacial score (nSPS) is 15.2. The van der Waals surface area contributed by atoms with E-state index in [9.17, 15) is 18.8 Å². The van der Waals surface area contributed by atoms with E-state index in [-0.39, 0.29) is 24.9 Å². The van der Waals surface area contributed by atoms with Gasteiger partial charge in [-0.05, 0) is 35.9 Å². The first-order chi connectivity index (χ1) is 16.4. The van der Waals surface area contributed by atoms with E-state index in [1.165, 1.54) is 17.9 Å². The standard InChI is InChI=1S/C24H24FN5O4/c1-15(31)28-12-20-13-30(24(33)34-20)19-6-7-21(22(25)10-19)16-2-4-17(5-3-16)23(32)27-9-8-18-11-26-14-29-18/h2-7,10-11,14,20H,8-9,12-13H2,1H3,(H,26,29)(H,27,32)(H,28,31). The Labute approximate surface area is 195 Å². The number of halogens is 1. The van der Waals surface area contributed by atoms with Gasteiger partial charge in [0, 0.05) is 42.9 Å². The second-order valence-corrected chi connectivity index (χ2v) is 7.88. The lowest BCUT2D eigenvalue weighted by atomic mass is 10.0. The predicted molar refractivity (Wildman–Crippen MR) is 123 cm³/mol. The van der Waals surface area contributed by atoms with Crippen molar-refractivity contribution < 1.29 is 23.5 Å². The second kappa shape index (κ2) is 10.2. The molecule has 2 heterocycles. The van der Waals surface area contributed by atoms with E-state index in [1.807, 2.05) is 0 Å². The van der Waals surface area contributed by atoms with Crippen LogP contribution in [0.4, 0.5) is 14.9 Å². The van der Waals surface area contributed by atoms with Gasteiger partial charge in [-0.25, -0.2) is 14.2 Å². The number of benzene rings is 2. The van der Waals surface area contributed by atoms with Gasteiger partial charge in [-0.1, -0.05) is 12.1 Å². The summed E-state index contributed by atoms with van der Waals surface area (Å²) in [4.78, 5) is 43.8. The highest BCUT2D eigenvalue weighted by molar-refractivity contribution is 5.94. The third kappa shape index (κ3) is 5.40. The van der Waals surface area contributed by atoms with Crippen molar-refractivity contribution in [3.63, 3.8) is 0 Å². The van der Waals surface area contributed by atoms with Gasteiger partial charge >= 0.3 is 6.09 Å². The highest BCUT2D eigenvalue weighted by atomic mass is 19.1.